The maximum absolute atomic E-state index is 12.3. The van der Waals surface area contributed by atoms with E-state index in [0.717, 1.165) is 26.1 Å². The second-order valence-corrected chi connectivity index (χ2v) is 6.45. The number of nitrogens with one attached hydrogen (secondary N) is 1. The standard InChI is InChI=1S/C14H19N3O3S/c18-13(19)11-4-8-21-12(11)15-14(20)17-7-6-16-5-2-1-3-10(16)9-17/h4,8,10H,1-3,5-7,9H2,(H,15,20)(H,18,19). The SMILES string of the molecule is O=C(O)c1ccsc1NC(=O)N1CCN2CCCCC2C1. The summed E-state index contributed by atoms with van der Waals surface area (Å²) in [6.45, 7) is 3.48. The van der Waals surface area contributed by atoms with E-state index in [9.17, 15) is 9.59 Å². The van der Waals surface area contributed by atoms with Crippen LogP contribution in [0.15, 0.2) is 11.4 Å². The van der Waals surface area contributed by atoms with Gasteiger partial charge in [0.25, 0.3) is 0 Å². The van der Waals surface area contributed by atoms with Gasteiger partial charge in [0.1, 0.15) is 5.00 Å². The van der Waals surface area contributed by atoms with Crippen molar-refractivity contribution in [2.24, 2.45) is 0 Å². The van der Waals surface area contributed by atoms with Crippen LogP contribution in [0.3, 0.4) is 0 Å². The Morgan fingerprint density at radius 2 is 2.14 bits per heavy atom. The summed E-state index contributed by atoms with van der Waals surface area (Å²) in [6, 6.07) is 1.78. The van der Waals surface area contributed by atoms with Crippen molar-refractivity contribution in [2.75, 3.05) is 31.5 Å². The first-order valence-corrected chi connectivity index (χ1v) is 8.14. The lowest BCUT2D eigenvalue weighted by Crippen LogP contribution is -2.56. The lowest BCUT2D eigenvalue weighted by molar-refractivity contribution is 0.0678. The van der Waals surface area contributed by atoms with E-state index in [4.69, 9.17) is 5.11 Å². The molecule has 2 amide bonds. The fourth-order valence-electron chi connectivity index (χ4n) is 3.09. The van der Waals surface area contributed by atoms with E-state index < -0.39 is 5.97 Å². The number of aromatic carboxylic acids is 1. The Morgan fingerprint density at radius 1 is 1.29 bits per heavy atom. The summed E-state index contributed by atoms with van der Waals surface area (Å²) in [5, 5.41) is 13.9. The highest BCUT2D eigenvalue weighted by molar-refractivity contribution is 7.14. The van der Waals surface area contributed by atoms with Crippen molar-refractivity contribution in [2.45, 2.75) is 25.3 Å². The topological polar surface area (TPSA) is 72.9 Å². The number of fused-ring (bicyclic) bond motifs is 1. The second-order valence-electron chi connectivity index (χ2n) is 5.53. The first-order valence-electron chi connectivity index (χ1n) is 7.26. The molecule has 0 radical (unpaired) electrons. The van der Waals surface area contributed by atoms with Gasteiger partial charge in [0.15, 0.2) is 0 Å². The zero-order valence-corrected chi connectivity index (χ0v) is 12.6. The Hall–Kier alpha value is -1.60. The Morgan fingerprint density at radius 3 is 2.95 bits per heavy atom. The van der Waals surface area contributed by atoms with Gasteiger partial charge in [-0.15, -0.1) is 11.3 Å². The number of thiophene rings is 1. The van der Waals surface area contributed by atoms with Crippen LogP contribution < -0.4 is 5.32 Å². The number of anilines is 1. The fourth-order valence-corrected chi connectivity index (χ4v) is 3.86. The van der Waals surface area contributed by atoms with Crippen molar-refractivity contribution in [1.29, 1.82) is 0 Å². The maximum atomic E-state index is 12.3. The molecule has 2 aliphatic heterocycles. The Labute approximate surface area is 127 Å². The molecule has 0 bridgehead atoms. The van der Waals surface area contributed by atoms with Gasteiger partial charge in [-0.05, 0) is 30.8 Å². The summed E-state index contributed by atoms with van der Waals surface area (Å²) in [5.41, 5.74) is 0.157. The number of carbonyl (C=O) groups excluding carboxylic acids is 1. The van der Waals surface area contributed by atoms with Crippen LogP contribution in [0.1, 0.15) is 29.6 Å². The minimum absolute atomic E-state index is 0.157. The minimum atomic E-state index is -1.01. The van der Waals surface area contributed by atoms with E-state index in [2.05, 4.69) is 10.2 Å². The first-order chi connectivity index (χ1) is 10.1. The molecule has 0 saturated carbocycles. The zero-order valence-electron chi connectivity index (χ0n) is 11.7. The fraction of sp³-hybridized carbons (Fsp3) is 0.571. The molecule has 0 aromatic carbocycles. The van der Waals surface area contributed by atoms with Crippen LogP contribution in [-0.4, -0.2) is 59.1 Å². The molecule has 2 N–H and O–H groups in total. The van der Waals surface area contributed by atoms with Crippen molar-refractivity contribution >= 4 is 28.3 Å². The number of amides is 2. The normalized spacial score (nSPS) is 22.7. The molecule has 6 nitrogen and oxygen atoms in total. The summed E-state index contributed by atoms with van der Waals surface area (Å²) >= 11 is 1.24. The zero-order chi connectivity index (χ0) is 14.8. The van der Waals surface area contributed by atoms with Gasteiger partial charge in [-0.25, -0.2) is 9.59 Å². The van der Waals surface area contributed by atoms with Crippen LogP contribution in [0, 0.1) is 0 Å². The van der Waals surface area contributed by atoms with Gasteiger partial charge in [0.2, 0.25) is 0 Å². The van der Waals surface area contributed by atoms with Gasteiger partial charge in [0, 0.05) is 25.7 Å². The minimum Gasteiger partial charge on any atom is -0.478 e. The first kappa shape index (κ1) is 14.3. The van der Waals surface area contributed by atoms with Gasteiger partial charge in [-0.3, -0.25) is 10.2 Å². The van der Waals surface area contributed by atoms with E-state index in [1.165, 1.54) is 30.2 Å². The number of nitrogens with zero attached hydrogens (tertiary/aromatic N) is 2. The Bertz CT molecular complexity index is 545. The number of hydrogen-bond acceptors (Lipinski definition) is 4. The van der Waals surface area contributed by atoms with Crippen LogP contribution in [0.25, 0.3) is 0 Å². The smallest absolute Gasteiger partial charge is 0.338 e. The van der Waals surface area contributed by atoms with Crippen LogP contribution in [-0.2, 0) is 0 Å². The van der Waals surface area contributed by atoms with E-state index in [-0.39, 0.29) is 11.6 Å². The molecule has 2 saturated heterocycles. The number of carboxylic acid groups (broad SMARTS) is 1. The van der Waals surface area contributed by atoms with Gasteiger partial charge < -0.3 is 10.0 Å². The molecule has 7 heteroatoms. The molecule has 0 aliphatic carbocycles. The van der Waals surface area contributed by atoms with Gasteiger partial charge in [-0.2, -0.15) is 0 Å². The van der Waals surface area contributed by atoms with E-state index >= 15 is 0 Å². The summed E-state index contributed by atoms with van der Waals surface area (Å²) in [4.78, 5) is 27.7. The highest BCUT2D eigenvalue weighted by atomic mass is 32.1. The average molecular weight is 309 g/mol. The molecule has 0 spiro atoms. The van der Waals surface area contributed by atoms with Crippen molar-refractivity contribution in [1.82, 2.24) is 9.80 Å². The average Bonchev–Trinajstić information content (AvgIpc) is 2.95. The second kappa shape index (κ2) is 6.03. The third-order valence-corrected chi connectivity index (χ3v) is 5.07. The molecule has 114 valence electrons. The summed E-state index contributed by atoms with van der Waals surface area (Å²) in [6.07, 6.45) is 3.62. The summed E-state index contributed by atoms with van der Waals surface area (Å²) in [7, 11) is 0. The van der Waals surface area contributed by atoms with Gasteiger partial charge in [0.05, 0.1) is 5.56 Å². The van der Waals surface area contributed by atoms with Crippen LogP contribution >= 0.6 is 11.3 Å². The molecule has 1 aromatic heterocycles. The lowest BCUT2D eigenvalue weighted by Gasteiger charge is -2.43. The number of carboxylic acids is 1. The largest absolute Gasteiger partial charge is 0.478 e. The molecule has 1 unspecified atom stereocenters. The molecule has 1 atom stereocenters. The number of rotatable bonds is 2. The van der Waals surface area contributed by atoms with E-state index in [1.54, 1.807) is 10.3 Å². The molecule has 3 rings (SSSR count). The molecule has 21 heavy (non-hydrogen) atoms. The van der Waals surface area contributed by atoms with Crippen molar-refractivity contribution < 1.29 is 14.7 Å². The van der Waals surface area contributed by atoms with Crippen molar-refractivity contribution in [3.63, 3.8) is 0 Å². The van der Waals surface area contributed by atoms with Crippen LogP contribution in [0.2, 0.25) is 0 Å². The predicted molar refractivity (Wildman–Crippen MR) is 81.1 cm³/mol. The number of carbonyl (C=O) groups is 2. The monoisotopic (exact) mass is 309 g/mol. The number of hydrogen-bond donors (Lipinski definition) is 2. The molecule has 2 fully saturated rings. The van der Waals surface area contributed by atoms with Gasteiger partial charge in [-0.1, -0.05) is 6.42 Å². The third-order valence-electron chi connectivity index (χ3n) is 4.24. The molecule has 2 aliphatic rings. The molecular weight excluding hydrogens is 290 g/mol. The summed E-state index contributed by atoms with van der Waals surface area (Å²) < 4.78 is 0. The van der Waals surface area contributed by atoms with Crippen LogP contribution in [0.5, 0.6) is 0 Å². The molecule has 3 heterocycles. The highest BCUT2D eigenvalue weighted by Gasteiger charge is 2.31. The van der Waals surface area contributed by atoms with E-state index in [1.807, 2.05) is 0 Å². The van der Waals surface area contributed by atoms with Gasteiger partial charge >= 0.3 is 12.0 Å². The Balaban J connectivity index is 1.63. The molecular formula is C14H19N3O3S. The number of piperazine rings is 1. The maximum Gasteiger partial charge on any atom is 0.338 e. The molecule has 1 aromatic rings. The summed E-state index contributed by atoms with van der Waals surface area (Å²) in [5.74, 6) is -1.01. The Kier molecular flexibility index (Phi) is 4.12. The van der Waals surface area contributed by atoms with Crippen molar-refractivity contribution in [3.8, 4) is 0 Å². The lowest BCUT2D eigenvalue weighted by atomic mass is 10.00. The number of piperidine rings is 1. The number of urea groups is 1. The third kappa shape index (κ3) is 3.03. The van der Waals surface area contributed by atoms with Crippen molar-refractivity contribution in [3.05, 3.63) is 17.0 Å². The quantitative estimate of drug-likeness (QED) is 0.878. The van der Waals surface area contributed by atoms with Crippen LogP contribution in [0.4, 0.5) is 9.80 Å². The predicted octanol–water partition coefficient (Wildman–Crippen LogP) is 2.15. The van der Waals surface area contributed by atoms with E-state index in [0.29, 0.717) is 17.6 Å². The highest BCUT2D eigenvalue weighted by Crippen LogP contribution is 2.25.